The topological polar surface area (TPSA) is 64.7 Å². The van der Waals surface area contributed by atoms with E-state index in [1.54, 1.807) is 6.07 Å². The number of halogens is 1. The van der Waals surface area contributed by atoms with Crippen molar-refractivity contribution in [2.45, 2.75) is 17.2 Å². The van der Waals surface area contributed by atoms with E-state index in [0.29, 0.717) is 27.0 Å². The number of aromatic nitrogens is 4. The third kappa shape index (κ3) is 2.85. The minimum atomic E-state index is -0.343. The fourth-order valence-corrected chi connectivity index (χ4v) is 2.97. The van der Waals surface area contributed by atoms with E-state index in [-0.39, 0.29) is 5.82 Å². The number of aryl methyl sites for hydroxylation is 1. The molecule has 2 aromatic heterocycles. The van der Waals surface area contributed by atoms with Crippen LogP contribution in [0, 0.1) is 12.7 Å². The van der Waals surface area contributed by atoms with Gasteiger partial charge in [0, 0.05) is 10.9 Å². The van der Waals surface area contributed by atoms with Crippen molar-refractivity contribution >= 4 is 22.7 Å². The SMILES string of the molecule is Cc1ccc(-c2nnc(Sc3ncnc4ccc(F)cc34)o2)cc1. The number of hydrogen-bond donors (Lipinski definition) is 0. The fraction of sp³-hybridized carbons (Fsp3) is 0.0588. The molecule has 0 N–H and O–H groups in total. The first-order chi connectivity index (χ1) is 11.7. The number of nitrogens with zero attached hydrogens (tertiary/aromatic N) is 4. The smallest absolute Gasteiger partial charge is 0.283 e. The summed E-state index contributed by atoms with van der Waals surface area (Å²) in [4.78, 5) is 8.32. The van der Waals surface area contributed by atoms with Gasteiger partial charge in [0.15, 0.2) is 0 Å². The highest BCUT2D eigenvalue weighted by Crippen LogP contribution is 2.32. The van der Waals surface area contributed by atoms with Crippen molar-refractivity contribution in [3.8, 4) is 11.5 Å². The lowest BCUT2D eigenvalue weighted by Crippen LogP contribution is -1.88. The van der Waals surface area contributed by atoms with Crippen molar-refractivity contribution < 1.29 is 8.81 Å². The summed E-state index contributed by atoms with van der Waals surface area (Å²) in [6, 6.07) is 12.2. The van der Waals surface area contributed by atoms with Crippen LogP contribution in [0.5, 0.6) is 0 Å². The molecule has 0 radical (unpaired) electrons. The van der Waals surface area contributed by atoms with E-state index in [4.69, 9.17) is 4.42 Å². The highest BCUT2D eigenvalue weighted by molar-refractivity contribution is 7.99. The number of benzene rings is 2. The molecule has 0 atom stereocenters. The second-order valence-corrected chi connectivity index (χ2v) is 6.12. The average molecular weight is 338 g/mol. The van der Waals surface area contributed by atoms with Gasteiger partial charge in [-0.3, -0.25) is 0 Å². The van der Waals surface area contributed by atoms with Crippen molar-refractivity contribution in [3.05, 3.63) is 60.2 Å². The van der Waals surface area contributed by atoms with Gasteiger partial charge in [-0.25, -0.2) is 14.4 Å². The summed E-state index contributed by atoms with van der Waals surface area (Å²) in [5.41, 5.74) is 2.66. The van der Waals surface area contributed by atoms with Crippen LogP contribution in [0.25, 0.3) is 22.4 Å². The van der Waals surface area contributed by atoms with Crippen molar-refractivity contribution in [1.82, 2.24) is 20.2 Å². The molecular formula is C17H11FN4OS. The van der Waals surface area contributed by atoms with Crippen LogP contribution in [0.4, 0.5) is 4.39 Å². The summed E-state index contributed by atoms with van der Waals surface area (Å²) >= 11 is 1.19. The summed E-state index contributed by atoms with van der Waals surface area (Å²) in [6.07, 6.45) is 1.43. The molecule has 0 spiro atoms. The predicted molar refractivity (Wildman–Crippen MR) is 88.1 cm³/mol. The quantitative estimate of drug-likeness (QED) is 0.520. The van der Waals surface area contributed by atoms with E-state index in [0.717, 1.165) is 11.1 Å². The Labute approximate surface area is 141 Å². The van der Waals surface area contributed by atoms with Crippen molar-refractivity contribution in [1.29, 1.82) is 0 Å². The standard InChI is InChI=1S/C17H11FN4OS/c1-10-2-4-11(5-3-10)15-21-22-17(23-15)24-16-13-8-12(18)6-7-14(13)19-9-20-16/h2-9H,1H3. The van der Waals surface area contributed by atoms with Gasteiger partial charge in [0.2, 0.25) is 5.89 Å². The van der Waals surface area contributed by atoms with E-state index >= 15 is 0 Å². The Bertz CT molecular complexity index is 1020. The molecule has 5 nitrogen and oxygen atoms in total. The molecular weight excluding hydrogens is 327 g/mol. The first-order valence-electron chi connectivity index (χ1n) is 7.18. The monoisotopic (exact) mass is 338 g/mol. The first kappa shape index (κ1) is 14.8. The van der Waals surface area contributed by atoms with Gasteiger partial charge >= 0.3 is 0 Å². The van der Waals surface area contributed by atoms with Crippen LogP contribution in [0.3, 0.4) is 0 Å². The number of hydrogen-bond acceptors (Lipinski definition) is 6. The zero-order valence-corrected chi connectivity index (χ0v) is 13.4. The molecule has 2 aromatic carbocycles. The van der Waals surface area contributed by atoms with Gasteiger partial charge in [0.25, 0.3) is 5.22 Å². The van der Waals surface area contributed by atoms with Crippen LogP contribution < -0.4 is 0 Å². The Kier molecular flexibility index (Phi) is 3.70. The second kappa shape index (κ2) is 6.01. The summed E-state index contributed by atoms with van der Waals surface area (Å²) in [5.74, 6) is 0.0899. The van der Waals surface area contributed by atoms with Gasteiger partial charge in [-0.15, -0.1) is 10.2 Å². The van der Waals surface area contributed by atoms with Gasteiger partial charge in [-0.1, -0.05) is 17.7 Å². The van der Waals surface area contributed by atoms with E-state index in [9.17, 15) is 4.39 Å². The molecule has 118 valence electrons. The van der Waals surface area contributed by atoms with Gasteiger partial charge in [-0.2, -0.15) is 0 Å². The lowest BCUT2D eigenvalue weighted by molar-refractivity contribution is 0.465. The highest BCUT2D eigenvalue weighted by Gasteiger charge is 2.13. The molecule has 24 heavy (non-hydrogen) atoms. The van der Waals surface area contributed by atoms with E-state index < -0.39 is 0 Å². The van der Waals surface area contributed by atoms with Crippen LogP contribution in [-0.2, 0) is 0 Å². The van der Waals surface area contributed by atoms with Gasteiger partial charge < -0.3 is 4.42 Å². The van der Waals surface area contributed by atoms with Gasteiger partial charge in [0.05, 0.1) is 5.52 Å². The molecule has 0 fully saturated rings. The maximum atomic E-state index is 13.5. The summed E-state index contributed by atoms with van der Waals surface area (Å²) in [5, 5.41) is 9.61. The van der Waals surface area contributed by atoms with Crippen molar-refractivity contribution in [2.24, 2.45) is 0 Å². The third-order valence-corrected chi connectivity index (χ3v) is 4.31. The molecule has 0 saturated carbocycles. The van der Waals surface area contributed by atoms with Crippen molar-refractivity contribution in [3.63, 3.8) is 0 Å². The minimum absolute atomic E-state index is 0.342. The minimum Gasteiger partial charge on any atom is -0.411 e. The molecule has 4 rings (SSSR count). The highest BCUT2D eigenvalue weighted by atomic mass is 32.2. The maximum Gasteiger partial charge on any atom is 0.283 e. The number of rotatable bonds is 3. The maximum absolute atomic E-state index is 13.5. The summed E-state index contributed by atoms with van der Waals surface area (Å²) < 4.78 is 19.2. The largest absolute Gasteiger partial charge is 0.411 e. The fourth-order valence-electron chi connectivity index (χ4n) is 2.23. The Morgan fingerprint density at radius 1 is 1.00 bits per heavy atom. The lowest BCUT2D eigenvalue weighted by Gasteiger charge is -2.01. The predicted octanol–water partition coefficient (Wildman–Crippen LogP) is 4.28. The van der Waals surface area contributed by atoms with Crippen molar-refractivity contribution in [2.75, 3.05) is 0 Å². The Morgan fingerprint density at radius 2 is 1.83 bits per heavy atom. The summed E-state index contributed by atoms with van der Waals surface area (Å²) in [7, 11) is 0. The van der Waals surface area contributed by atoms with Crippen LogP contribution in [-0.4, -0.2) is 20.2 Å². The third-order valence-electron chi connectivity index (χ3n) is 3.45. The molecule has 0 saturated heterocycles. The normalized spacial score (nSPS) is 11.1. The molecule has 0 aliphatic carbocycles. The molecule has 0 unspecified atom stereocenters. The first-order valence-corrected chi connectivity index (χ1v) is 7.99. The molecule has 0 aliphatic rings. The Morgan fingerprint density at radius 3 is 2.67 bits per heavy atom. The van der Waals surface area contributed by atoms with Gasteiger partial charge in [-0.05, 0) is 49.0 Å². The van der Waals surface area contributed by atoms with E-state index in [1.807, 2.05) is 31.2 Å². The van der Waals surface area contributed by atoms with Crippen LogP contribution in [0.2, 0.25) is 0 Å². The van der Waals surface area contributed by atoms with E-state index in [2.05, 4.69) is 20.2 Å². The molecule has 2 heterocycles. The zero-order chi connectivity index (χ0) is 16.5. The van der Waals surface area contributed by atoms with Crippen LogP contribution in [0.1, 0.15) is 5.56 Å². The Balaban J connectivity index is 1.67. The lowest BCUT2D eigenvalue weighted by atomic mass is 10.1. The second-order valence-electron chi connectivity index (χ2n) is 5.18. The molecule has 4 aromatic rings. The van der Waals surface area contributed by atoms with Crippen LogP contribution >= 0.6 is 11.8 Å². The molecule has 0 aliphatic heterocycles. The van der Waals surface area contributed by atoms with Gasteiger partial charge in [0.1, 0.15) is 17.2 Å². The van der Waals surface area contributed by atoms with Crippen LogP contribution in [0.15, 0.2) is 63.5 Å². The molecule has 7 heteroatoms. The van der Waals surface area contributed by atoms with E-state index in [1.165, 1.54) is 30.2 Å². The average Bonchev–Trinajstić information content (AvgIpc) is 3.05. The zero-order valence-electron chi connectivity index (χ0n) is 12.6. The number of fused-ring (bicyclic) bond motifs is 1. The summed E-state index contributed by atoms with van der Waals surface area (Å²) in [6.45, 7) is 2.01. The molecule has 0 amide bonds. The molecule has 0 bridgehead atoms. The Hall–Kier alpha value is -2.80.